The molecule has 0 aromatic heterocycles. The van der Waals surface area contributed by atoms with E-state index in [1.165, 1.54) is 0 Å². The second-order valence-corrected chi connectivity index (χ2v) is 4.00. The molecular formula is C9H19N3O. The summed E-state index contributed by atoms with van der Waals surface area (Å²) in [6, 6.07) is 0.279. The average molecular weight is 185 g/mol. The smallest absolute Gasteiger partial charge is 0.317 e. The Morgan fingerprint density at radius 3 is 2.62 bits per heavy atom. The van der Waals surface area contributed by atoms with Crippen molar-refractivity contribution in [1.29, 1.82) is 0 Å². The fourth-order valence-electron chi connectivity index (χ4n) is 1.41. The van der Waals surface area contributed by atoms with Crippen LogP contribution >= 0.6 is 0 Å². The van der Waals surface area contributed by atoms with Gasteiger partial charge in [-0.15, -0.1) is 0 Å². The normalized spacial score (nSPS) is 19.0. The van der Waals surface area contributed by atoms with Gasteiger partial charge in [-0.3, -0.25) is 0 Å². The summed E-state index contributed by atoms with van der Waals surface area (Å²) in [4.78, 5) is 12.8. The van der Waals surface area contributed by atoms with Gasteiger partial charge >= 0.3 is 6.03 Å². The van der Waals surface area contributed by atoms with Crippen molar-refractivity contribution in [1.82, 2.24) is 15.5 Å². The van der Waals surface area contributed by atoms with Crippen LogP contribution in [0.4, 0.5) is 4.79 Å². The Hall–Kier alpha value is -0.770. The zero-order chi connectivity index (χ0) is 9.84. The van der Waals surface area contributed by atoms with Crippen LogP contribution in [0.2, 0.25) is 0 Å². The quantitative estimate of drug-likeness (QED) is 0.662. The highest BCUT2D eigenvalue weighted by atomic mass is 16.2. The van der Waals surface area contributed by atoms with E-state index in [0.29, 0.717) is 0 Å². The summed E-state index contributed by atoms with van der Waals surface area (Å²) in [6.45, 7) is 4.25. The van der Waals surface area contributed by atoms with Crippen LogP contribution in [0, 0.1) is 5.92 Å². The molecule has 1 saturated heterocycles. The number of nitrogens with zero attached hydrogens (tertiary/aromatic N) is 1. The Morgan fingerprint density at radius 2 is 2.23 bits per heavy atom. The molecule has 0 spiro atoms. The van der Waals surface area contributed by atoms with Crippen LogP contribution in [0.1, 0.15) is 13.3 Å². The Bertz CT molecular complexity index is 178. The molecule has 0 radical (unpaired) electrons. The highest BCUT2D eigenvalue weighted by molar-refractivity contribution is 5.73. The maximum absolute atomic E-state index is 11.2. The van der Waals surface area contributed by atoms with Crippen LogP contribution in [0.3, 0.4) is 0 Å². The molecule has 1 rings (SSSR count). The summed E-state index contributed by atoms with van der Waals surface area (Å²) >= 11 is 0. The van der Waals surface area contributed by atoms with E-state index in [4.69, 9.17) is 0 Å². The molecule has 0 aliphatic carbocycles. The molecule has 0 aromatic rings. The number of carbonyl (C=O) groups excluding carboxylic acids is 1. The molecule has 1 atom stereocenters. The molecule has 0 bridgehead atoms. The fourth-order valence-corrected chi connectivity index (χ4v) is 1.41. The van der Waals surface area contributed by atoms with E-state index < -0.39 is 0 Å². The number of rotatable bonds is 3. The third-order valence-electron chi connectivity index (χ3n) is 2.33. The van der Waals surface area contributed by atoms with Crippen LogP contribution in [-0.4, -0.2) is 44.2 Å². The minimum absolute atomic E-state index is 0.000201. The lowest BCUT2D eigenvalue weighted by molar-refractivity contribution is 0.209. The van der Waals surface area contributed by atoms with Gasteiger partial charge in [-0.1, -0.05) is 0 Å². The zero-order valence-electron chi connectivity index (χ0n) is 8.63. The van der Waals surface area contributed by atoms with Gasteiger partial charge in [0.05, 0.1) is 0 Å². The van der Waals surface area contributed by atoms with Crippen molar-refractivity contribution in [3.63, 3.8) is 0 Å². The molecule has 1 aliphatic rings. The summed E-state index contributed by atoms with van der Waals surface area (Å²) in [7, 11) is 3.51. The van der Waals surface area contributed by atoms with E-state index in [1.54, 1.807) is 19.0 Å². The van der Waals surface area contributed by atoms with Crippen molar-refractivity contribution < 1.29 is 4.79 Å². The summed E-state index contributed by atoms with van der Waals surface area (Å²) in [6.07, 6.45) is 1.08. The lowest BCUT2D eigenvalue weighted by Gasteiger charge is -2.30. The molecule has 1 unspecified atom stereocenters. The molecule has 4 heteroatoms. The predicted octanol–water partition coefficient (Wildman–Crippen LogP) is 0.256. The van der Waals surface area contributed by atoms with Gasteiger partial charge in [0.15, 0.2) is 0 Å². The van der Waals surface area contributed by atoms with Crippen molar-refractivity contribution >= 4 is 6.03 Å². The van der Waals surface area contributed by atoms with E-state index in [9.17, 15) is 4.79 Å². The van der Waals surface area contributed by atoms with Crippen LogP contribution in [-0.2, 0) is 0 Å². The minimum atomic E-state index is -0.000201. The predicted molar refractivity (Wildman–Crippen MR) is 52.7 cm³/mol. The highest BCUT2D eigenvalue weighted by Crippen LogP contribution is 2.10. The summed E-state index contributed by atoms with van der Waals surface area (Å²) in [5, 5.41) is 6.16. The highest BCUT2D eigenvalue weighted by Gasteiger charge is 2.20. The monoisotopic (exact) mass is 185 g/mol. The third-order valence-corrected chi connectivity index (χ3v) is 2.33. The van der Waals surface area contributed by atoms with Crippen LogP contribution in [0.5, 0.6) is 0 Å². The largest absolute Gasteiger partial charge is 0.336 e. The third kappa shape index (κ3) is 3.22. The Balaban J connectivity index is 2.15. The minimum Gasteiger partial charge on any atom is -0.336 e. The van der Waals surface area contributed by atoms with E-state index in [0.717, 1.165) is 25.4 Å². The maximum Gasteiger partial charge on any atom is 0.317 e. The van der Waals surface area contributed by atoms with Crippen molar-refractivity contribution in [2.45, 2.75) is 19.4 Å². The number of urea groups is 1. The van der Waals surface area contributed by atoms with E-state index in [2.05, 4.69) is 17.6 Å². The van der Waals surface area contributed by atoms with Gasteiger partial charge in [-0.05, 0) is 32.4 Å². The van der Waals surface area contributed by atoms with Crippen LogP contribution in [0.15, 0.2) is 0 Å². The van der Waals surface area contributed by atoms with Crippen LogP contribution < -0.4 is 10.6 Å². The van der Waals surface area contributed by atoms with Gasteiger partial charge in [0.2, 0.25) is 0 Å². The molecule has 0 aromatic carbocycles. The van der Waals surface area contributed by atoms with Gasteiger partial charge < -0.3 is 15.5 Å². The number of carbonyl (C=O) groups is 1. The molecular weight excluding hydrogens is 166 g/mol. The van der Waals surface area contributed by atoms with Crippen molar-refractivity contribution in [2.75, 3.05) is 27.2 Å². The molecule has 1 heterocycles. The first-order chi connectivity index (χ1) is 6.09. The van der Waals surface area contributed by atoms with Crippen LogP contribution in [0.25, 0.3) is 0 Å². The van der Waals surface area contributed by atoms with Gasteiger partial charge in [0, 0.05) is 20.1 Å². The fraction of sp³-hybridized carbons (Fsp3) is 0.889. The van der Waals surface area contributed by atoms with E-state index in [1.807, 2.05) is 0 Å². The second kappa shape index (κ2) is 4.46. The zero-order valence-corrected chi connectivity index (χ0v) is 8.63. The van der Waals surface area contributed by atoms with Gasteiger partial charge in [0.1, 0.15) is 0 Å². The van der Waals surface area contributed by atoms with Gasteiger partial charge in [-0.2, -0.15) is 0 Å². The van der Waals surface area contributed by atoms with Crippen molar-refractivity contribution in [3.05, 3.63) is 0 Å². The lowest BCUT2D eigenvalue weighted by Crippen LogP contribution is -2.47. The second-order valence-electron chi connectivity index (χ2n) is 4.00. The molecule has 4 nitrogen and oxygen atoms in total. The van der Waals surface area contributed by atoms with E-state index >= 15 is 0 Å². The summed E-state index contributed by atoms with van der Waals surface area (Å²) < 4.78 is 0. The molecule has 76 valence electrons. The summed E-state index contributed by atoms with van der Waals surface area (Å²) in [5.41, 5.74) is 0. The summed E-state index contributed by atoms with van der Waals surface area (Å²) in [5.74, 6) is 0.748. The molecule has 2 amide bonds. The maximum atomic E-state index is 11.2. The number of amides is 2. The van der Waals surface area contributed by atoms with Gasteiger partial charge in [-0.25, -0.2) is 4.79 Å². The number of hydrogen-bond donors (Lipinski definition) is 2. The standard InChI is InChI=1S/C9H19N3O/c1-7(4-8-5-10-6-8)11-9(13)12(2)3/h7-8,10H,4-6H2,1-3H3,(H,11,13). The van der Waals surface area contributed by atoms with Crippen molar-refractivity contribution in [3.8, 4) is 0 Å². The lowest BCUT2D eigenvalue weighted by atomic mass is 9.95. The van der Waals surface area contributed by atoms with Crippen molar-refractivity contribution in [2.24, 2.45) is 5.92 Å². The first kappa shape index (κ1) is 10.3. The Kier molecular flexibility index (Phi) is 3.54. The SMILES string of the molecule is CC(CC1CNC1)NC(=O)N(C)C. The molecule has 2 N–H and O–H groups in total. The van der Waals surface area contributed by atoms with E-state index in [-0.39, 0.29) is 12.1 Å². The Labute approximate surface area is 79.7 Å². The Morgan fingerprint density at radius 1 is 1.62 bits per heavy atom. The first-order valence-corrected chi connectivity index (χ1v) is 4.78. The average Bonchev–Trinajstić information content (AvgIpc) is 1.96. The molecule has 0 saturated carbocycles. The first-order valence-electron chi connectivity index (χ1n) is 4.78. The molecule has 1 fully saturated rings. The number of nitrogens with one attached hydrogen (secondary N) is 2. The number of hydrogen-bond acceptors (Lipinski definition) is 2. The van der Waals surface area contributed by atoms with Gasteiger partial charge in [0.25, 0.3) is 0 Å². The molecule has 1 aliphatic heterocycles. The topological polar surface area (TPSA) is 44.4 Å². The molecule has 13 heavy (non-hydrogen) atoms.